The molecule has 0 radical (unpaired) electrons. The second-order valence-corrected chi connectivity index (χ2v) is 4.64. The van der Waals surface area contributed by atoms with Gasteiger partial charge in [-0.3, -0.25) is 9.59 Å². The van der Waals surface area contributed by atoms with E-state index in [0.717, 1.165) is 18.5 Å². The summed E-state index contributed by atoms with van der Waals surface area (Å²) < 4.78 is 0. The lowest BCUT2D eigenvalue weighted by Crippen LogP contribution is -2.18. The van der Waals surface area contributed by atoms with Gasteiger partial charge in [-0.25, -0.2) is 4.98 Å². The zero-order valence-corrected chi connectivity index (χ0v) is 11.0. The summed E-state index contributed by atoms with van der Waals surface area (Å²) in [5, 5.41) is 9.07. The molecule has 0 unspecified atom stereocenters. The molecule has 106 valence electrons. The molecule has 1 aromatic rings. The van der Waals surface area contributed by atoms with Crippen molar-refractivity contribution in [2.75, 3.05) is 6.54 Å². The summed E-state index contributed by atoms with van der Waals surface area (Å²) in [6.07, 6.45) is 6.33. The van der Waals surface area contributed by atoms with Gasteiger partial charge in [0.1, 0.15) is 5.78 Å². The van der Waals surface area contributed by atoms with Gasteiger partial charge in [-0.2, -0.15) is 0 Å². The van der Waals surface area contributed by atoms with Crippen LogP contribution in [-0.4, -0.2) is 33.4 Å². The van der Waals surface area contributed by atoms with Gasteiger partial charge in [0.05, 0.1) is 12.2 Å². The zero-order valence-electron chi connectivity index (χ0n) is 11.0. The SMILES string of the molecule is NCCCC[C@H](CC(=O)CCc1cnc[nH]1)C(=O)O. The molecule has 1 atom stereocenters. The van der Waals surface area contributed by atoms with Gasteiger partial charge in [0.2, 0.25) is 0 Å². The average Bonchev–Trinajstić information content (AvgIpc) is 2.88. The summed E-state index contributed by atoms with van der Waals surface area (Å²) in [5.74, 6) is -1.50. The molecule has 4 N–H and O–H groups in total. The third-order valence-corrected chi connectivity index (χ3v) is 3.06. The molecule has 0 aliphatic heterocycles. The summed E-state index contributed by atoms with van der Waals surface area (Å²) in [5.41, 5.74) is 6.26. The molecule has 0 aromatic carbocycles. The first-order valence-corrected chi connectivity index (χ1v) is 6.55. The molecule has 1 aromatic heterocycles. The molecule has 1 heterocycles. The molecular weight excluding hydrogens is 246 g/mol. The third kappa shape index (κ3) is 6.15. The standard InChI is InChI=1S/C13H21N3O3/c14-6-2-1-3-10(13(18)19)7-12(17)5-4-11-8-15-9-16-11/h8-10H,1-7,14H2,(H,15,16)(H,18,19)/t10-/m1/s1. The second kappa shape index (κ2) is 8.42. The fourth-order valence-electron chi connectivity index (χ4n) is 1.92. The highest BCUT2D eigenvalue weighted by Crippen LogP contribution is 2.15. The first kappa shape index (κ1) is 15.4. The topological polar surface area (TPSA) is 109 Å². The number of Topliss-reactive ketones (excluding diaryl/α,β-unsaturated/α-hetero) is 1. The van der Waals surface area contributed by atoms with Gasteiger partial charge in [0.25, 0.3) is 0 Å². The number of H-pyrrole nitrogens is 1. The van der Waals surface area contributed by atoms with Crippen LogP contribution < -0.4 is 5.73 Å². The van der Waals surface area contributed by atoms with E-state index < -0.39 is 11.9 Å². The van der Waals surface area contributed by atoms with Gasteiger partial charge in [-0.15, -0.1) is 0 Å². The molecule has 0 fully saturated rings. The van der Waals surface area contributed by atoms with Gasteiger partial charge in [0, 0.05) is 24.7 Å². The minimum atomic E-state index is -0.896. The molecule has 6 nitrogen and oxygen atoms in total. The molecular formula is C13H21N3O3. The van der Waals surface area contributed by atoms with Gasteiger partial charge in [-0.05, 0) is 25.8 Å². The van der Waals surface area contributed by atoms with Crippen LogP contribution in [0.5, 0.6) is 0 Å². The maximum Gasteiger partial charge on any atom is 0.306 e. The minimum Gasteiger partial charge on any atom is -0.481 e. The Hall–Kier alpha value is -1.69. The van der Waals surface area contributed by atoms with Crippen LogP contribution in [0.15, 0.2) is 12.5 Å². The number of carbonyl (C=O) groups excluding carboxylic acids is 1. The number of nitrogens with one attached hydrogen (secondary N) is 1. The number of carbonyl (C=O) groups is 2. The van der Waals surface area contributed by atoms with E-state index in [2.05, 4.69) is 9.97 Å². The van der Waals surface area contributed by atoms with E-state index >= 15 is 0 Å². The Balaban J connectivity index is 2.32. The molecule has 1 rings (SSSR count). The number of ketones is 1. The van der Waals surface area contributed by atoms with Crippen LogP contribution in [0.2, 0.25) is 0 Å². The summed E-state index contributed by atoms with van der Waals surface area (Å²) in [4.78, 5) is 29.6. The number of aryl methyl sites for hydroxylation is 1. The predicted molar refractivity (Wildman–Crippen MR) is 70.6 cm³/mol. The number of rotatable bonds is 10. The van der Waals surface area contributed by atoms with E-state index in [1.807, 2.05) is 0 Å². The number of carboxylic acids is 1. The maximum absolute atomic E-state index is 11.8. The monoisotopic (exact) mass is 267 g/mol. The number of aromatic nitrogens is 2. The summed E-state index contributed by atoms with van der Waals surface area (Å²) in [6, 6.07) is 0. The Morgan fingerprint density at radius 1 is 1.42 bits per heavy atom. The fraction of sp³-hybridized carbons (Fsp3) is 0.615. The van der Waals surface area contributed by atoms with Crippen LogP contribution in [0.4, 0.5) is 0 Å². The molecule has 0 bridgehead atoms. The number of unbranched alkanes of at least 4 members (excludes halogenated alkanes) is 1. The van der Waals surface area contributed by atoms with E-state index in [1.54, 1.807) is 12.5 Å². The molecule has 0 aliphatic rings. The summed E-state index contributed by atoms with van der Waals surface area (Å²) in [7, 11) is 0. The van der Waals surface area contributed by atoms with E-state index in [9.17, 15) is 9.59 Å². The number of hydrogen-bond acceptors (Lipinski definition) is 4. The van der Waals surface area contributed by atoms with Crippen molar-refractivity contribution in [3.05, 3.63) is 18.2 Å². The van der Waals surface area contributed by atoms with Gasteiger partial charge in [0.15, 0.2) is 0 Å². The van der Waals surface area contributed by atoms with Crippen LogP contribution in [0, 0.1) is 5.92 Å². The normalized spacial score (nSPS) is 12.3. The number of aromatic amines is 1. The average molecular weight is 267 g/mol. The van der Waals surface area contributed by atoms with Crippen molar-refractivity contribution in [3.63, 3.8) is 0 Å². The van der Waals surface area contributed by atoms with Crippen LogP contribution >= 0.6 is 0 Å². The number of hydrogen-bond donors (Lipinski definition) is 3. The molecule has 0 saturated carbocycles. The van der Waals surface area contributed by atoms with E-state index in [4.69, 9.17) is 10.8 Å². The number of carboxylic acid groups (broad SMARTS) is 1. The van der Waals surface area contributed by atoms with Gasteiger partial charge < -0.3 is 15.8 Å². The summed E-state index contributed by atoms with van der Waals surface area (Å²) in [6.45, 7) is 0.556. The third-order valence-electron chi connectivity index (χ3n) is 3.06. The van der Waals surface area contributed by atoms with Crippen molar-refractivity contribution in [2.24, 2.45) is 11.7 Å². The highest BCUT2D eigenvalue weighted by atomic mass is 16.4. The zero-order chi connectivity index (χ0) is 14.1. The Morgan fingerprint density at radius 3 is 2.79 bits per heavy atom. The van der Waals surface area contributed by atoms with Crippen molar-refractivity contribution in [3.8, 4) is 0 Å². The van der Waals surface area contributed by atoms with E-state index in [0.29, 0.717) is 25.8 Å². The smallest absolute Gasteiger partial charge is 0.306 e. The number of nitrogens with zero attached hydrogens (tertiary/aromatic N) is 1. The quantitative estimate of drug-likeness (QED) is 0.550. The maximum atomic E-state index is 11.8. The molecule has 6 heteroatoms. The predicted octanol–water partition coefficient (Wildman–Crippen LogP) is 1.13. The van der Waals surface area contributed by atoms with E-state index in [1.165, 1.54) is 0 Å². The lowest BCUT2D eigenvalue weighted by Gasteiger charge is -2.10. The fourth-order valence-corrected chi connectivity index (χ4v) is 1.92. The lowest BCUT2D eigenvalue weighted by atomic mass is 9.94. The first-order valence-electron chi connectivity index (χ1n) is 6.55. The van der Waals surface area contributed by atoms with Crippen molar-refractivity contribution >= 4 is 11.8 Å². The molecule has 0 spiro atoms. The van der Waals surface area contributed by atoms with Gasteiger partial charge in [-0.1, -0.05) is 6.42 Å². The lowest BCUT2D eigenvalue weighted by molar-refractivity contribution is -0.144. The molecule has 0 amide bonds. The van der Waals surface area contributed by atoms with Crippen LogP contribution in [0.3, 0.4) is 0 Å². The Kier molecular flexibility index (Phi) is 6.81. The van der Waals surface area contributed by atoms with Crippen LogP contribution in [0.1, 0.15) is 37.8 Å². The van der Waals surface area contributed by atoms with Crippen molar-refractivity contribution in [1.29, 1.82) is 0 Å². The highest BCUT2D eigenvalue weighted by Gasteiger charge is 2.20. The summed E-state index contributed by atoms with van der Waals surface area (Å²) >= 11 is 0. The Labute approximate surface area is 112 Å². The van der Waals surface area contributed by atoms with Crippen molar-refractivity contribution < 1.29 is 14.7 Å². The largest absolute Gasteiger partial charge is 0.481 e. The number of aliphatic carboxylic acids is 1. The Morgan fingerprint density at radius 2 is 2.21 bits per heavy atom. The minimum absolute atomic E-state index is 0.0188. The first-order chi connectivity index (χ1) is 9.13. The molecule has 19 heavy (non-hydrogen) atoms. The van der Waals surface area contributed by atoms with Crippen molar-refractivity contribution in [2.45, 2.75) is 38.5 Å². The van der Waals surface area contributed by atoms with E-state index in [-0.39, 0.29) is 12.2 Å². The van der Waals surface area contributed by atoms with Crippen LogP contribution in [0.25, 0.3) is 0 Å². The second-order valence-electron chi connectivity index (χ2n) is 4.64. The van der Waals surface area contributed by atoms with Crippen LogP contribution in [-0.2, 0) is 16.0 Å². The van der Waals surface area contributed by atoms with Gasteiger partial charge >= 0.3 is 5.97 Å². The molecule has 0 aliphatic carbocycles. The number of imidazole rings is 1. The Bertz CT molecular complexity index is 390. The van der Waals surface area contributed by atoms with Crippen molar-refractivity contribution in [1.82, 2.24) is 9.97 Å². The molecule has 0 saturated heterocycles. The number of nitrogens with two attached hydrogens (primary N) is 1. The highest BCUT2D eigenvalue weighted by molar-refractivity contribution is 5.83.